The van der Waals surface area contributed by atoms with Gasteiger partial charge in [-0.05, 0) is 62.9 Å². The summed E-state index contributed by atoms with van der Waals surface area (Å²) in [7, 11) is 0. The van der Waals surface area contributed by atoms with Crippen LogP contribution in [-0.2, 0) is 6.42 Å². The van der Waals surface area contributed by atoms with Gasteiger partial charge in [-0.3, -0.25) is 0 Å². The van der Waals surface area contributed by atoms with Crippen molar-refractivity contribution < 1.29 is 4.74 Å². The van der Waals surface area contributed by atoms with E-state index in [-0.39, 0.29) is 5.60 Å². The third-order valence-electron chi connectivity index (χ3n) is 3.94. The minimum absolute atomic E-state index is 0.0470. The van der Waals surface area contributed by atoms with Crippen LogP contribution >= 0.6 is 0 Å². The van der Waals surface area contributed by atoms with E-state index in [0.29, 0.717) is 0 Å². The van der Waals surface area contributed by atoms with Crippen LogP contribution in [0.15, 0.2) is 18.2 Å². The van der Waals surface area contributed by atoms with Crippen LogP contribution < -0.4 is 15.4 Å². The predicted molar refractivity (Wildman–Crippen MR) is 74.4 cm³/mol. The summed E-state index contributed by atoms with van der Waals surface area (Å²) in [6, 6.07) is 6.46. The summed E-state index contributed by atoms with van der Waals surface area (Å²) in [4.78, 5) is 0. The lowest BCUT2D eigenvalue weighted by atomic mass is 9.96. The molecule has 18 heavy (non-hydrogen) atoms. The summed E-state index contributed by atoms with van der Waals surface area (Å²) in [6.45, 7) is 5.36. The fourth-order valence-electron chi connectivity index (χ4n) is 2.91. The Labute approximate surface area is 109 Å². The van der Waals surface area contributed by atoms with Crippen molar-refractivity contribution in [2.45, 2.75) is 38.2 Å². The number of aryl methyl sites for hydroxylation is 1. The Morgan fingerprint density at radius 1 is 1.22 bits per heavy atom. The number of rotatable bonds is 2. The number of benzene rings is 1. The van der Waals surface area contributed by atoms with Crippen LogP contribution in [-0.4, -0.2) is 25.2 Å². The Morgan fingerprint density at radius 3 is 3.00 bits per heavy atom. The standard InChI is InChI=1S/C15H22N2O/c1-15(7-3-8-16-11-15)18-13-5-6-14-12(10-13)4-2-9-17-14/h5-6,10,16-17H,2-4,7-9,11H2,1H3. The Bertz CT molecular complexity index is 425. The second-order valence-electron chi connectivity index (χ2n) is 5.68. The van der Waals surface area contributed by atoms with Crippen LogP contribution in [0.2, 0.25) is 0 Å². The fraction of sp³-hybridized carbons (Fsp3) is 0.600. The zero-order valence-corrected chi connectivity index (χ0v) is 11.1. The SMILES string of the molecule is CC1(Oc2ccc3c(c2)CCCN3)CCCNC1. The Balaban J connectivity index is 1.76. The van der Waals surface area contributed by atoms with Crippen LogP contribution in [0.1, 0.15) is 31.7 Å². The van der Waals surface area contributed by atoms with Crippen LogP contribution in [0.4, 0.5) is 5.69 Å². The minimum atomic E-state index is -0.0470. The summed E-state index contributed by atoms with van der Waals surface area (Å²) >= 11 is 0. The van der Waals surface area contributed by atoms with Crippen molar-refractivity contribution in [2.75, 3.05) is 25.0 Å². The molecule has 1 fully saturated rings. The first-order valence-electron chi connectivity index (χ1n) is 7.02. The Kier molecular flexibility index (Phi) is 3.16. The van der Waals surface area contributed by atoms with E-state index in [2.05, 4.69) is 35.8 Å². The number of anilines is 1. The van der Waals surface area contributed by atoms with Crippen LogP contribution in [0.5, 0.6) is 5.75 Å². The van der Waals surface area contributed by atoms with Gasteiger partial charge in [-0.25, -0.2) is 0 Å². The molecule has 1 unspecified atom stereocenters. The van der Waals surface area contributed by atoms with E-state index < -0.39 is 0 Å². The normalized spacial score (nSPS) is 27.2. The summed E-state index contributed by atoms with van der Waals surface area (Å²) in [5, 5.41) is 6.86. The van der Waals surface area contributed by atoms with Crippen LogP contribution in [0, 0.1) is 0 Å². The number of nitrogens with one attached hydrogen (secondary N) is 2. The van der Waals surface area contributed by atoms with Gasteiger partial charge in [-0.2, -0.15) is 0 Å². The first kappa shape index (κ1) is 11.8. The van der Waals surface area contributed by atoms with E-state index in [1.807, 2.05) is 0 Å². The molecule has 2 aliphatic rings. The third kappa shape index (κ3) is 2.46. The number of fused-ring (bicyclic) bond motifs is 1. The lowest BCUT2D eigenvalue weighted by Crippen LogP contribution is -2.47. The van der Waals surface area contributed by atoms with Crippen molar-refractivity contribution in [3.63, 3.8) is 0 Å². The lowest BCUT2D eigenvalue weighted by Gasteiger charge is -2.35. The summed E-state index contributed by atoms with van der Waals surface area (Å²) < 4.78 is 6.22. The molecule has 1 aromatic rings. The molecule has 1 aromatic carbocycles. The van der Waals surface area contributed by atoms with E-state index in [1.165, 1.54) is 24.1 Å². The number of hydrogen-bond acceptors (Lipinski definition) is 3. The zero-order valence-electron chi connectivity index (χ0n) is 11.1. The zero-order chi connectivity index (χ0) is 12.4. The molecule has 0 amide bonds. The van der Waals surface area contributed by atoms with Crippen molar-refractivity contribution >= 4 is 5.69 Å². The van der Waals surface area contributed by atoms with Gasteiger partial charge in [0.25, 0.3) is 0 Å². The molecule has 0 spiro atoms. The van der Waals surface area contributed by atoms with Gasteiger partial charge < -0.3 is 15.4 Å². The topological polar surface area (TPSA) is 33.3 Å². The van der Waals surface area contributed by atoms with Crippen molar-refractivity contribution in [1.82, 2.24) is 5.32 Å². The molecule has 0 aliphatic carbocycles. The molecule has 1 saturated heterocycles. The van der Waals surface area contributed by atoms with E-state index in [0.717, 1.165) is 38.2 Å². The summed E-state index contributed by atoms with van der Waals surface area (Å²) in [5.74, 6) is 1.02. The molecular weight excluding hydrogens is 224 g/mol. The maximum Gasteiger partial charge on any atom is 0.120 e. The molecule has 1 atom stereocenters. The highest BCUT2D eigenvalue weighted by molar-refractivity contribution is 5.55. The van der Waals surface area contributed by atoms with E-state index in [9.17, 15) is 0 Å². The van der Waals surface area contributed by atoms with Gasteiger partial charge in [0, 0.05) is 18.8 Å². The smallest absolute Gasteiger partial charge is 0.120 e. The van der Waals surface area contributed by atoms with Crippen molar-refractivity contribution in [3.8, 4) is 5.75 Å². The second-order valence-corrected chi connectivity index (χ2v) is 5.68. The largest absolute Gasteiger partial charge is 0.486 e. The highest BCUT2D eigenvalue weighted by Crippen LogP contribution is 2.30. The van der Waals surface area contributed by atoms with Crippen LogP contribution in [0.3, 0.4) is 0 Å². The van der Waals surface area contributed by atoms with E-state index >= 15 is 0 Å². The van der Waals surface area contributed by atoms with Crippen molar-refractivity contribution in [1.29, 1.82) is 0 Å². The second kappa shape index (κ2) is 4.81. The molecule has 3 nitrogen and oxygen atoms in total. The average molecular weight is 246 g/mol. The maximum atomic E-state index is 6.22. The van der Waals surface area contributed by atoms with Crippen molar-refractivity contribution in [2.24, 2.45) is 0 Å². The van der Waals surface area contributed by atoms with Gasteiger partial charge in [-0.1, -0.05) is 0 Å². The molecular formula is C15H22N2O. The maximum absolute atomic E-state index is 6.22. The van der Waals surface area contributed by atoms with Gasteiger partial charge >= 0.3 is 0 Å². The molecule has 3 heteroatoms. The minimum Gasteiger partial charge on any atom is -0.486 e. The molecule has 0 bridgehead atoms. The predicted octanol–water partition coefficient (Wildman–Crippen LogP) is 2.57. The molecule has 0 radical (unpaired) electrons. The van der Waals surface area contributed by atoms with Crippen molar-refractivity contribution in [3.05, 3.63) is 23.8 Å². The van der Waals surface area contributed by atoms with E-state index in [4.69, 9.17) is 4.74 Å². The van der Waals surface area contributed by atoms with E-state index in [1.54, 1.807) is 0 Å². The number of ether oxygens (including phenoxy) is 1. The number of piperidine rings is 1. The van der Waals surface area contributed by atoms with Gasteiger partial charge in [-0.15, -0.1) is 0 Å². The fourth-order valence-corrected chi connectivity index (χ4v) is 2.91. The quantitative estimate of drug-likeness (QED) is 0.841. The lowest BCUT2D eigenvalue weighted by molar-refractivity contribution is 0.0614. The Hall–Kier alpha value is -1.22. The molecule has 0 saturated carbocycles. The first-order valence-corrected chi connectivity index (χ1v) is 7.02. The molecule has 3 rings (SSSR count). The molecule has 2 N–H and O–H groups in total. The highest BCUT2D eigenvalue weighted by atomic mass is 16.5. The van der Waals surface area contributed by atoms with Gasteiger partial charge in [0.05, 0.1) is 0 Å². The van der Waals surface area contributed by atoms with Gasteiger partial charge in [0.2, 0.25) is 0 Å². The van der Waals surface area contributed by atoms with Crippen LogP contribution in [0.25, 0.3) is 0 Å². The first-order chi connectivity index (χ1) is 8.75. The third-order valence-corrected chi connectivity index (χ3v) is 3.94. The van der Waals surface area contributed by atoms with Gasteiger partial charge in [0.15, 0.2) is 0 Å². The van der Waals surface area contributed by atoms with Gasteiger partial charge in [0.1, 0.15) is 11.4 Å². The monoisotopic (exact) mass is 246 g/mol. The molecule has 2 aliphatic heterocycles. The summed E-state index contributed by atoms with van der Waals surface area (Å²) in [5.41, 5.74) is 2.63. The molecule has 0 aromatic heterocycles. The number of hydrogen-bond donors (Lipinski definition) is 2. The highest BCUT2D eigenvalue weighted by Gasteiger charge is 2.28. The molecule has 98 valence electrons. The summed E-state index contributed by atoms with van der Waals surface area (Å²) in [6.07, 6.45) is 4.71. The Morgan fingerprint density at radius 2 is 2.17 bits per heavy atom. The average Bonchev–Trinajstić information content (AvgIpc) is 2.39. The molecule has 2 heterocycles.